The molecular weight excluding hydrogens is 278 g/mol. The first-order chi connectivity index (χ1) is 10.7. The molecule has 0 bridgehead atoms. The maximum Gasteiger partial charge on any atom is 0.245 e. The van der Waals surface area contributed by atoms with Crippen molar-refractivity contribution in [3.63, 3.8) is 0 Å². The monoisotopic (exact) mass is 303 g/mol. The predicted octanol–water partition coefficient (Wildman–Crippen LogP) is 0.827. The summed E-state index contributed by atoms with van der Waals surface area (Å²) in [6.07, 6.45) is 2.85. The van der Waals surface area contributed by atoms with Crippen LogP contribution in [-0.2, 0) is 11.3 Å². The van der Waals surface area contributed by atoms with Gasteiger partial charge in [-0.2, -0.15) is 0 Å². The van der Waals surface area contributed by atoms with E-state index < -0.39 is 6.61 Å². The smallest absolute Gasteiger partial charge is 0.245 e. The Balaban J connectivity index is 1.47. The molecule has 2 aliphatic rings. The number of rotatable bonds is 6. The van der Waals surface area contributed by atoms with Crippen molar-refractivity contribution in [3.05, 3.63) is 29.8 Å². The quantitative estimate of drug-likeness (QED) is 0.817. The van der Waals surface area contributed by atoms with E-state index in [0.29, 0.717) is 6.54 Å². The molecule has 0 unspecified atom stereocenters. The van der Waals surface area contributed by atoms with Gasteiger partial charge in [-0.3, -0.25) is 9.69 Å². The second-order valence-corrected chi connectivity index (χ2v) is 6.33. The molecule has 0 radical (unpaired) electrons. The van der Waals surface area contributed by atoms with Crippen LogP contribution in [0.1, 0.15) is 18.4 Å². The zero-order chi connectivity index (χ0) is 15.4. The molecule has 1 saturated carbocycles. The molecule has 22 heavy (non-hydrogen) atoms. The van der Waals surface area contributed by atoms with Gasteiger partial charge in [0.1, 0.15) is 6.61 Å². The lowest BCUT2D eigenvalue weighted by molar-refractivity contribution is -0.123. The minimum absolute atomic E-state index is 0.337. The molecule has 2 N–H and O–H groups in total. The summed E-state index contributed by atoms with van der Waals surface area (Å²) < 4.78 is 0. The van der Waals surface area contributed by atoms with Gasteiger partial charge in [-0.1, -0.05) is 12.1 Å². The molecular formula is C17H25N3O2. The lowest BCUT2D eigenvalue weighted by atomic mass is 10.1. The van der Waals surface area contributed by atoms with E-state index in [1.807, 2.05) is 12.1 Å². The number of hydrogen-bond donors (Lipinski definition) is 2. The Labute approximate surface area is 131 Å². The Kier molecular flexibility index (Phi) is 4.95. The number of anilines is 1. The molecule has 5 heteroatoms. The van der Waals surface area contributed by atoms with Gasteiger partial charge in [-0.15, -0.1) is 0 Å². The van der Waals surface area contributed by atoms with Crippen LogP contribution in [0.4, 0.5) is 5.69 Å². The molecule has 5 nitrogen and oxygen atoms in total. The minimum Gasteiger partial charge on any atom is -0.387 e. The summed E-state index contributed by atoms with van der Waals surface area (Å²) in [5.74, 6) is 0.635. The maximum atomic E-state index is 11.0. The largest absolute Gasteiger partial charge is 0.387 e. The fourth-order valence-corrected chi connectivity index (χ4v) is 2.94. The van der Waals surface area contributed by atoms with Crippen molar-refractivity contribution in [3.8, 4) is 0 Å². The number of piperazine rings is 1. The zero-order valence-electron chi connectivity index (χ0n) is 13.0. The van der Waals surface area contributed by atoms with Crippen LogP contribution < -0.4 is 10.2 Å². The van der Waals surface area contributed by atoms with E-state index in [2.05, 4.69) is 27.2 Å². The molecule has 1 heterocycles. The van der Waals surface area contributed by atoms with Crippen LogP contribution >= 0.6 is 0 Å². The van der Waals surface area contributed by atoms with Crippen LogP contribution in [-0.4, -0.2) is 55.2 Å². The SMILES string of the molecule is O=C(CO)NCc1ccc(N2CCN(CC3CC3)CC2)cc1. The fourth-order valence-electron chi connectivity index (χ4n) is 2.94. The second kappa shape index (κ2) is 7.11. The van der Waals surface area contributed by atoms with E-state index in [0.717, 1.165) is 37.7 Å². The van der Waals surface area contributed by atoms with Crippen molar-refractivity contribution < 1.29 is 9.90 Å². The third-order valence-corrected chi connectivity index (χ3v) is 4.52. The molecule has 120 valence electrons. The molecule has 0 spiro atoms. The number of benzene rings is 1. The van der Waals surface area contributed by atoms with Gasteiger partial charge in [0.2, 0.25) is 5.91 Å². The molecule has 1 aromatic rings. The van der Waals surface area contributed by atoms with Gasteiger partial charge in [0.25, 0.3) is 0 Å². The number of carbonyl (C=O) groups excluding carboxylic acids is 1. The minimum atomic E-state index is -0.455. The highest BCUT2D eigenvalue weighted by Crippen LogP contribution is 2.30. The first kappa shape index (κ1) is 15.3. The Bertz CT molecular complexity index is 491. The molecule has 1 aliphatic heterocycles. The summed E-state index contributed by atoms with van der Waals surface area (Å²) in [4.78, 5) is 16.1. The van der Waals surface area contributed by atoms with Gasteiger partial charge in [-0.25, -0.2) is 0 Å². The van der Waals surface area contributed by atoms with Crippen molar-refractivity contribution in [1.82, 2.24) is 10.2 Å². The Hall–Kier alpha value is -1.59. The molecule has 1 aromatic carbocycles. The molecule has 3 rings (SSSR count). The van der Waals surface area contributed by atoms with E-state index in [9.17, 15) is 4.79 Å². The summed E-state index contributed by atoms with van der Waals surface area (Å²) in [5, 5.41) is 11.4. The fraction of sp³-hybridized carbons (Fsp3) is 0.588. The lowest BCUT2D eigenvalue weighted by Crippen LogP contribution is -2.47. The van der Waals surface area contributed by atoms with E-state index in [-0.39, 0.29) is 5.91 Å². The normalized spacial score (nSPS) is 19.2. The van der Waals surface area contributed by atoms with Crippen molar-refractivity contribution in [1.29, 1.82) is 0 Å². The van der Waals surface area contributed by atoms with Crippen LogP contribution in [0, 0.1) is 5.92 Å². The van der Waals surface area contributed by atoms with E-state index in [1.165, 1.54) is 25.1 Å². The van der Waals surface area contributed by atoms with Gasteiger partial charge in [0, 0.05) is 45.0 Å². The highest BCUT2D eigenvalue weighted by atomic mass is 16.3. The number of hydrogen-bond acceptors (Lipinski definition) is 4. The number of carbonyl (C=O) groups is 1. The van der Waals surface area contributed by atoms with Gasteiger partial charge in [0.05, 0.1) is 0 Å². The van der Waals surface area contributed by atoms with E-state index in [1.54, 1.807) is 0 Å². The number of amides is 1. The van der Waals surface area contributed by atoms with Crippen molar-refractivity contribution in [2.75, 3.05) is 44.2 Å². The summed E-state index contributed by atoms with van der Waals surface area (Å²) >= 11 is 0. The maximum absolute atomic E-state index is 11.0. The van der Waals surface area contributed by atoms with E-state index in [4.69, 9.17) is 5.11 Å². The lowest BCUT2D eigenvalue weighted by Gasteiger charge is -2.36. The van der Waals surface area contributed by atoms with Crippen LogP contribution in [0.3, 0.4) is 0 Å². The average Bonchev–Trinajstić information content (AvgIpc) is 3.38. The summed E-state index contributed by atoms with van der Waals surface area (Å²) in [6, 6.07) is 8.33. The van der Waals surface area contributed by atoms with Crippen LogP contribution in [0.25, 0.3) is 0 Å². The summed E-state index contributed by atoms with van der Waals surface area (Å²) in [6.45, 7) is 5.80. The summed E-state index contributed by atoms with van der Waals surface area (Å²) in [5.41, 5.74) is 2.31. The molecule has 0 aromatic heterocycles. The van der Waals surface area contributed by atoms with Gasteiger partial charge in [-0.05, 0) is 36.5 Å². The van der Waals surface area contributed by atoms with Gasteiger partial charge in [0.15, 0.2) is 0 Å². The zero-order valence-corrected chi connectivity index (χ0v) is 13.0. The number of nitrogens with zero attached hydrogens (tertiary/aromatic N) is 2. The standard InChI is InChI=1S/C17H25N3O2/c21-13-17(22)18-11-14-3-5-16(6-4-14)20-9-7-19(8-10-20)12-15-1-2-15/h3-6,15,21H,1-2,7-13H2,(H,18,22). The average molecular weight is 303 g/mol. The highest BCUT2D eigenvalue weighted by Gasteiger charge is 2.26. The first-order valence-electron chi connectivity index (χ1n) is 8.18. The molecule has 0 atom stereocenters. The van der Waals surface area contributed by atoms with Gasteiger partial charge >= 0.3 is 0 Å². The molecule has 1 aliphatic carbocycles. The molecule has 2 fully saturated rings. The Morgan fingerprint density at radius 3 is 2.41 bits per heavy atom. The van der Waals surface area contributed by atoms with Crippen LogP contribution in [0.2, 0.25) is 0 Å². The van der Waals surface area contributed by atoms with E-state index >= 15 is 0 Å². The highest BCUT2D eigenvalue weighted by molar-refractivity contribution is 5.76. The Morgan fingerprint density at radius 1 is 1.14 bits per heavy atom. The third-order valence-electron chi connectivity index (χ3n) is 4.52. The number of aliphatic hydroxyl groups excluding tert-OH is 1. The molecule has 1 amide bonds. The van der Waals surface area contributed by atoms with Gasteiger partial charge < -0.3 is 15.3 Å². The Morgan fingerprint density at radius 2 is 1.82 bits per heavy atom. The predicted molar refractivity (Wildman–Crippen MR) is 86.8 cm³/mol. The van der Waals surface area contributed by atoms with Crippen molar-refractivity contribution in [2.24, 2.45) is 5.92 Å². The van der Waals surface area contributed by atoms with Crippen molar-refractivity contribution in [2.45, 2.75) is 19.4 Å². The number of nitrogens with one attached hydrogen (secondary N) is 1. The van der Waals surface area contributed by atoms with Crippen LogP contribution in [0.15, 0.2) is 24.3 Å². The summed E-state index contributed by atoms with van der Waals surface area (Å²) in [7, 11) is 0. The van der Waals surface area contributed by atoms with Crippen LogP contribution in [0.5, 0.6) is 0 Å². The topological polar surface area (TPSA) is 55.8 Å². The third kappa shape index (κ3) is 4.21. The second-order valence-electron chi connectivity index (χ2n) is 6.33. The molecule has 1 saturated heterocycles. The first-order valence-corrected chi connectivity index (χ1v) is 8.18. The number of aliphatic hydroxyl groups is 1. The van der Waals surface area contributed by atoms with Crippen molar-refractivity contribution >= 4 is 11.6 Å².